The van der Waals surface area contributed by atoms with Gasteiger partial charge in [0.05, 0.1) is 14.9 Å². The van der Waals surface area contributed by atoms with Crippen LogP contribution in [0, 0.1) is 0 Å². The van der Waals surface area contributed by atoms with Crippen LogP contribution in [0.1, 0.15) is 17.5 Å². The Morgan fingerprint density at radius 3 is 2.04 bits per heavy atom. The highest BCUT2D eigenvalue weighted by Gasteiger charge is 2.19. The molecule has 2 rings (SSSR count). The first kappa shape index (κ1) is 20.5. The van der Waals surface area contributed by atoms with Crippen LogP contribution in [0.25, 0.3) is 5.57 Å². The molecule has 0 radical (unpaired) electrons. The zero-order chi connectivity index (χ0) is 19.5. The van der Waals surface area contributed by atoms with Crippen molar-refractivity contribution in [3.05, 3.63) is 69.2 Å². The molecule has 5 nitrogen and oxygen atoms in total. The maximum absolute atomic E-state index is 11.7. The molecule has 0 saturated carbocycles. The number of carboxylic acid groups (broad SMARTS) is 1. The summed E-state index contributed by atoms with van der Waals surface area (Å²) in [6.07, 6.45) is 1.00. The predicted molar refractivity (Wildman–Crippen MR) is 101 cm³/mol. The normalized spacial score (nSPS) is 12.6. The van der Waals surface area contributed by atoms with Crippen LogP contribution in [0.3, 0.4) is 0 Å². The van der Waals surface area contributed by atoms with E-state index in [2.05, 4.69) is 0 Å². The third-order valence-electron chi connectivity index (χ3n) is 3.70. The molecule has 0 fully saturated rings. The van der Waals surface area contributed by atoms with Crippen molar-refractivity contribution in [1.29, 1.82) is 0 Å². The molecule has 26 heavy (non-hydrogen) atoms. The van der Waals surface area contributed by atoms with Gasteiger partial charge in [-0.2, -0.15) is 0 Å². The van der Waals surface area contributed by atoms with Crippen molar-refractivity contribution in [3.8, 4) is 0 Å². The number of hydrogen-bond acceptors (Lipinski definition) is 4. The Morgan fingerprint density at radius 1 is 1.00 bits per heavy atom. The molecule has 0 atom stereocenters. The van der Waals surface area contributed by atoms with E-state index in [0.29, 0.717) is 21.7 Å². The van der Waals surface area contributed by atoms with Gasteiger partial charge in [0.15, 0.2) is 9.84 Å². The Labute approximate surface area is 161 Å². The summed E-state index contributed by atoms with van der Waals surface area (Å²) in [5, 5.41) is 19.4. The molecule has 0 bridgehead atoms. The number of carboxylic acids is 1. The minimum absolute atomic E-state index is 0.0157. The summed E-state index contributed by atoms with van der Waals surface area (Å²) in [7, 11) is -3.38. The first-order chi connectivity index (χ1) is 12.1. The highest BCUT2D eigenvalue weighted by Crippen LogP contribution is 2.33. The third-order valence-corrected chi connectivity index (χ3v) is 5.57. The number of hydrogen-bond donors (Lipinski definition) is 2. The van der Waals surface area contributed by atoms with Crippen LogP contribution >= 0.6 is 23.2 Å². The number of benzene rings is 2. The van der Waals surface area contributed by atoms with Gasteiger partial charge in [-0.15, -0.1) is 0 Å². The molecule has 0 unspecified atom stereocenters. The first-order valence-electron chi connectivity index (χ1n) is 7.48. The summed E-state index contributed by atoms with van der Waals surface area (Å²) in [5.41, 5.74) is 1.31. The van der Waals surface area contributed by atoms with E-state index < -0.39 is 15.8 Å². The van der Waals surface area contributed by atoms with Crippen molar-refractivity contribution in [1.82, 2.24) is 0 Å². The van der Waals surface area contributed by atoms with Crippen LogP contribution in [0.4, 0.5) is 0 Å². The van der Waals surface area contributed by atoms with E-state index in [9.17, 15) is 23.4 Å². The fraction of sp³-hybridized carbons (Fsp3) is 0.167. The molecule has 0 aromatic heterocycles. The summed E-state index contributed by atoms with van der Waals surface area (Å²) in [6, 6.07) is 10.5. The van der Waals surface area contributed by atoms with E-state index in [-0.39, 0.29) is 28.5 Å². The second kappa shape index (κ2) is 8.22. The molecule has 8 heteroatoms. The molecule has 0 amide bonds. The summed E-state index contributed by atoms with van der Waals surface area (Å²) < 4.78 is 23.3. The number of aliphatic carboxylic acids is 1. The second-order valence-electron chi connectivity index (χ2n) is 5.56. The smallest absolute Gasteiger partial charge is 0.332 e. The lowest BCUT2D eigenvalue weighted by atomic mass is 9.91. The number of sulfone groups is 1. The van der Waals surface area contributed by atoms with E-state index >= 15 is 0 Å². The van der Waals surface area contributed by atoms with Crippen LogP contribution in [0.15, 0.2) is 52.9 Å². The van der Waals surface area contributed by atoms with Crippen molar-refractivity contribution < 1.29 is 23.4 Å². The van der Waals surface area contributed by atoms with Crippen molar-refractivity contribution >= 4 is 44.6 Å². The molecule has 2 N–H and O–H groups in total. The molecule has 138 valence electrons. The van der Waals surface area contributed by atoms with Crippen molar-refractivity contribution in [3.63, 3.8) is 0 Å². The van der Waals surface area contributed by atoms with Gasteiger partial charge in [-0.3, -0.25) is 0 Å². The largest absolute Gasteiger partial charge is 0.478 e. The fourth-order valence-corrected chi connectivity index (χ4v) is 3.41. The Morgan fingerprint density at radius 2 is 1.58 bits per heavy atom. The first-order valence-corrected chi connectivity index (χ1v) is 10.1. The summed E-state index contributed by atoms with van der Waals surface area (Å²) >= 11 is 12.0. The van der Waals surface area contributed by atoms with Gasteiger partial charge in [0.25, 0.3) is 0 Å². The molecular formula is C18H16Cl2O5S. The van der Waals surface area contributed by atoms with E-state index in [1.807, 2.05) is 0 Å². The SMILES string of the molecule is CS(=O)(=O)c1ccc(/C(=C(\CCO)C(=O)O)c2ccc(Cl)c(Cl)c2)cc1. The van der Waals surface area contributed by atoms with Gasteiger partial charge in [-0.05, 0) is 41.0 Å². The van der Waals surface area contributed by atoms with E-state index in [1.165, 1.54) is 30.3 Å². The zero-order valence-electron chi connectivity index (χ0n) is 13.7. The Kier molecular flexibility index (Phi) is 6.47. The lowest BCUT2D eigenvalue weighted by Gasteiger charge is -2.14. The average molecular weight is 415 g/mol. The van der Waals surface area contributed by atoms with Crippen molar-refractivity contribution in [2.45, 2.75) is 11.3 Å². The molecule has 0 aliphatic rings. The topological polar surface area (TPSA) is 91.7 Å². The van der Waals surface area contributed by atoms with Crippen LogP contribution in [-0.2, 0) is 14.6 Å². The number of halogens is 2. The summed E-state index contributed by atoms with van der Waals surface area (Å²) in [4.78, 5) is 11.9. The van der Waals surface area contributed by atoms with E-state index in [1.54, 1.807) is 12.1 Å². The Hall–Kier alpha value is -1.86. The monoisotopic (exact) mass is 414 g/mol. The van der Waals surface area contributed by atoms with Gasteiger partial charge < -0.3 is 10.2 Å². The minimum Gasteiger partial charge on any atom is -0.478 e. The molecule has 0 aliphatic carbocycles. The maximum Gasteiger partial charge on any atom is 0.332 e. The highest BCUT2D eigenvalue weighted by atomic mass is 35.5. The lowest BCUT2D eigenvalue weighted by molar-refractivity contribution is -0.132. The lowest BCUT2D eigenvalue weighted by Crippen LogP contribution is -2.08. The molecule has 0 spiro atoms. The van der Waals surface area contributed by atoms with Gasteiger partial charge in [0.2, 0.25) is 0 Å². The summed E-state index contributed by atoms with van der Waals surface area (Å²) in [6.45, 7) is -0.353. The van der Waals surface area contributed by atoms with Crippen molar-refractivity contribution in [2.75, 3.05) is 12.9 Å². The van der Waals surface area contributed by atoms with Crippen LogP contribution < -0.4 is 0 Å². The van der Waals surface area contributed by atoms with Crippen LogP contribution in [0.2, 0.25) is 10.0 Å². The Bertz CT molecular complexity index is 964. The molecular weight excluding hydrogens is 399 g/mol. The average Bonchev–Trinajstić information content (AvgIpc) is 2.57. The summed E-state index contributed by atoms with van der Waals surface area (Å²) in [5.74, 6) is -1.19. The van der Waals surface area contributed by atoms with Gasteiger partial charge in [-0.25, -0.2) is 13.2 Å². The van der Waals surface area contributed by atoms with Crippen LogP contribution in [0.5, 0.6) is 0 Å². The van der Waals surface area contributed by atoms with Gasteiger partial charge in [-0.1, -0.05) is 41.4 Å². The fourth-order valence-electron chi connectivity index (χ4n) is 2.49. The molecule has 0 heterocycles. The third kappa shape index (κ3) is 4.65. The van der Waals surface area contributed by atoms with Gasteiger partial charge in [0.1, 0.15) is 0 Å². The second-order valence-corrected chi connectivity index (χ2v) is 8.39. The minimum atomic E-state index is -3.38. The standard InChI is InChI=1S/C18H16Cl2O5S/c1-26(24,25)13-5-2-11(3-6-13)17(14(8-9-21)18(22)23)12-4-7-15(19)16(20)10-12/h2-7,10,21H,8-9H2,1H3,(H,22,23)/b17-14-. The maximum atomic E-state index is 11.7. The molecule has 0 aliphatic heterocycles. The van der Waals surface area contributed by atoms with E-state index in [4.69, 9.17) is 23.2 Å². The van der Waals surface area contributed by atoms with E-state index in [0.717, 1.165) is 6.26 Å². The zero-order valence-corrected chi connectivity index (χ0v) is 16.1. The van der Waals surface area contributed by atoms with Crippen molar-refractivity contribution in [2.24, 2.45) is 0 Å². The van der Waals surface area contributed by atoms with Gasteiger partial charge >= 0.3 is 5.97 Å². The molecule has 2 aromatic rings. The van der Waals surface area contributed by atoms with Gasteiger partial charge in [0, 0.05) is 24.9 Å². The Balaban J connectivity index is 2.73. The number of rotatable bonds is 6. The number of aliphatic hydroxyl groups excluding tert-OH is 1. The number of carbonyl (C=O) groups is 1. The highest BCUT2D eigenvalue weighted by molar-refractivity contribution is 7.90. The quantitative estimate of drug-likeness (QED) is 0.703. The molecule has 2 aromatic carbocycles. The predicted octanol–water partition coefficient (Wildman–Crippen LogP) is 3.67. The molecule has 0 saturated heterocycles. The van der Waals surface area contributed by atoms with Crippen LogP contribution in [-0.4, -0.2) is 37.5 Å². The number of aliphatic hydroxyl groups is 1.